The van der Waals surface area contributed by atoms with Crippen LogP contribution < -0.4 is 14.8 Å². The Balaban J connectivity index is 1.92. The molecule has 0 saturated heterocycles. The molecule has 0 aliphatic heterocycles. The van der Waals surface area contributed by atoms with Gasteiger partial charge in [-0.05, 0) is 24.3 Å². The highest BCUT2D eigenvalue weighted by Gasteiger charge is 2.12. The largest absolute Gasteiger partial charge is 0.495 e. The minimum Gasteiger partial charge on any atom is -0.495 e. The molecule has 0 fully saturated rings. The Kier molecular flexibility index (Phi) is 4.62. The third-order valence-corrected chi connectivity index (χ3v) is 4.47. The summed E-state index contributed by atoms with van der Waals surface area (Å²) in [5, 5.41) is 4.49. The fourth-order valence-corrected chi connectivity index (χ4v) is 3.14. The van der Waals surface area contributed by atoms with Crippen molar-refractivity contribution < 1.29 is 9.47 Å². The molecular formula is C23H20N2O2. The van der Waals surface area contributed by atoms with E-state index < -0.39 is 0 Å². The number of nitrogens with zero attached hydrogens (tertiary/aromatic N) is 1. The number of benzene rings is 3. The van der Waals surface area contributed by atoms with Crippen LogP contribution in [0, 0.1) is 0 Å². The molecule has 0 bridgehead atoms. The van der Waals surface area contributed by atoms with E-state index in [4.69, 9.17) is 14.5 Å². The SMILES string of the molecule is COc1ccccc1Nc1cc(-c2ccccc2)nc2c(OC)cccc12. The second-order valence-corrected chi connectivity index (χ2v) is 6.10. The Morgan fingerprint density at radius 1 is 0.704 bits per heavy atom. The van der Waals surface area contributed by atoms with Gasteiger partial charge in [-0.15, -0.1) is 0 Å². The molecular weight excluding hydrogens is 336 g/mol. The number of ether oxygens (including phenoxy) is 2. The normalized spacial score (nSPS) is 10.6. The number of pyridine rings is 1. The number of para-hydroxylation sites is 3. The first-order valence-electron chi connectivity index (χ1n) is 8.73. The summed E-state index contributed by atoms with van der Waals surface area (Å²) >= 11 is 0. The molecule has 4 nitrogen and oxygen atoms in total. The Hall–Kier alpha value is -3.53. The van der Waals surface area contributed by atoms with Gasteiger partial charge in [0.25, 0.3) is 0 Å². The third-order valence-electron chi connectivity index (χ3n) is 4.47. The number of rotatable bonds is 5. The lowest BCUT2D eigenvalue weighted by atomic mass is 10.1. The smallest absolute Gasteiger partial charge is 0.145 e. The van der Waals surface area contributed by atoms with Gasteiger partial charge in [-0.1, -0.05) is 54.6 Å². The molecule has 1 N–H and O–H groups in total. The van der Waals surface area contributed by atoms with E-state index in [0.29, 0.717) is 0 Å². The molecule has 0 radical (unpaired) electrons. The molecule has 0 saturated carbocycles. The van der Waals surface area contributed by atoms with Crippen LogP contribution in [-0.2, 0) is 0 Å². The molecule has 4 rings (SSSR count). The number of hydrogen-bond donors (Lipinski definition) is 1. The van der Waals surface area contributed by atoms with Crippen molar-refractivity contribution in [2.24, 2.45) is 0 Å². The van der Waals surface area contributed by atoms with Crippen molar-refractivity contribution >= 4 is 22.3 Å². The summed E-state index contributed by atoms with van der Waals surface area (Å²) in [5.41, 5.74) is 4.59. The maximum absolute atomic E-state index is 5.55. The van der Waals surface area contributed by atoms with E-state index in [1.807, 2.05) is 60.7 Å². The van der Waals surface area contributed by atoms with E-state index in [0.717, 1.165) is 45.0 Å². The summed E-state index contributed by atoms with van der Waals surface area (Å²) in [6, 6.07) is 26.0. The van der Waals surface area contributed by atoms with Gasteiger partial charge in [-0.2, -0.15) is 0 Å². The number of methoxy groups -OCH3 is 2. The fourth-order valence-electron chi connectivity index (χ4n) is 3.14. The van der Waals surface area contributed by atoms with E-state index in [1.165, 1.54) is 0 Å². The van der Waals surface area contributed by atoms with Crippen molar-refractivity contribution in [3.63, 3.8) is 0 Å². The first-order chi connectivity index (χ1) is 13.3. The molecule has 0 aliphatic carbocycles. The summed E-state index contributed by atoms with van der Waals surface area (Å²) in [4.78, 5) is 4.86. The Bertz CT molecular complexity index is 1080. The van der Waals surface area contributed by atoms with Crippen molar-refractivity contribution in [2.75, 3.05) is 19.5 Å². The number of aromatic nitrogens is 1. The predicted molar refractivity (Wildman–Crippen MR) is 110 cm³/mol. The Labute approximate surface area is 158 Å². The van der Waals surface area contributed by atoms with Gasteiger partial charge in [0.15, 0.2) is 0 Å². The van der Waals surface area contributed by atoms with Crippen LogP contribution in [0.25, 0.3) is 22.2 Å². The van der Waals surface area contributed by atoms with Crippen molar-refractivity contribution in [3.05, 3.63) is 78.9 Å². The lowest BCUT2D eigenvalue weighted by molar-refractivity contribution is 0.417. The lowest BCUT2D eigenvalue weighted by Crippen LogP contribution is -1.98. The highest BCUT2D eigenvalue weighted by Crippen LogP contribution is 2.36. The molecule has 4 heteroatoms. The third kappa shape index (κ3) is 3.29. The van der Waals surface area contributed by atoms with Crippen LogP contribution in [0.3, 0.4) is 0 Å². The van der Waals surface area contributed by atoms with E-state index in [1.54, 1.807) is 14.2 Å². The van der Waals surface area contributed by atoms with Gasteiger partial charge in [0.2, 0.25) is 0 Å². The van der Waals surface area contributed by atoms with Gasteiger partial charge in [0, 0.05) is 10.9 Å². The molecule has 134 valence electrons. The predicted octanol–water partition coefficient (Wildman–Crippen LogP) is 5.66. The average molecular weight is 356 g/mol. The van der Waals surface area contributed by atoms with Gasteiger partial charge in [0.1, 0.15) is 17.0 Å². The monoisotopic (exact) mass is 356 g/mol. The van der Waals surface area contributed by atoms with Crippen LogP contribution >= 0.6 is 0 Å². The zero-order valence-electron chi connectivity index (χ0n) is 15.3. The standard InChI is InChI=1S/C23H20N2O2/c1-26-21-13-7-6-12-18(21)24-20-15-19(16-9-4-3-5-10-16)25-23-17(20)11-8-14-22(23)27-2/h3-15H,1-2H3,(H,24,25). The van der Waals surface area contributed by atoms with Gasteiger partial charge in [-0.25, -0.2) is 4.98 Å². The van der Waals surface area contributed by atoms with Gasteiger partial charge in [-0.3, -0.25) is 0 Å². The molecule has 0 atom stereocenters. The van der Waals surface area contributed by atoms with E-state index in [2.05, 4.69) is 23.5 Å². The Morgan fingerprint density at radius 3 is 2.19 bits per heavy atom. The van der Waals surface area contributed by atoms with Crippen molar-refractivity contribution in [1.29, 1.82) is 0 Å². The molecule has 0 amide bonds. The van der Waals surface area contributed by atoms with Crippen LogP contribution in [0.5, 0.6) is 11.5 Å². The number of nitrogens with one attached hydrogen (secondary N) is 1. The quantitative estimate of drug-likeness (QED) is 0.501. The number of hydrogen-bond acceptors (Lipinski definition) is 4. The topological polar surface area (TPSA) is 43.4 Å². The summed E-state index contributed by atoms with van der Waals surface area (Å²) in [7, 11) is 3.34. The van der Waals surface area contributed by atoms with Crippen LogP contribution in [0.1, 0.15) is 0 Å². The summed E-state index contributed by atoms with van der Waals surface area (Å²) in [6.07, 6.45) is 0. The summed E-state index contributed by atoms with van der Waals surface area (Å²) in [6.45, 7) is 0. The maximum Gasteiger partial charge on any atom is 0.145 e. The fraction of sp³-hybridized carbons (Fsp3) is 0.0870. The molecule has 4 aromatic rings. The van der Waals surface area contributed by atoms with E-state index in [9.17, 15) is 0 Å². The van der Waals surface area contributed by atoms with Crippen molar-refractivity contribution in [2.45, 2.75) is 0 Å². The summed E-state index contributed by atoms with van der Waals surface area (Å²) < 4.78 is 11.0. The lowest BCUT2D eigenvalue weighted by Gasteiger charge is -2.15. The molecule has 1 aromatic heterocycles. The van der Waals surface area contributed by atoms with Gasteiger partial charge >= 0.3 is 0 Å². The first-order valence-corrected chi connectivity index (χ1v) is 8.73. The van der Waals surface area contributed by atoms with Crippen molar-refractivity contribution in [1.82, 2.24) is 4.98 Å². The average Bonchev–Trinajstić information content (AvgIpc) is 2.74. The molecule has 3 aromatic carbocycles. The van der Waals surface area contributed by atoms with Crippen LogP contribution in [-0.4, -0.2) is 19.2 Å². The van der Waals surface area contributed by atoms with Crippen LogP contribution in [0.2, 0.25) is 0 Å². The second-order valence-electron chi connectivity index (χ2n) is 6.10. The Morgan fingerprint density at radius 2 is 1.41 bits per heavy atom. The van der Waals surface area contributed by atoms with Crippen molar-refractivity contribution in [3.8, 4) is 22.8 Å². The molecule has 1 heterocycles. The summed E-state index contributed by atoms with van der Waals surface area (Å²) in [5.74, 6) is 1.53. The van der Waals surface area contributed by atoms with Crippen LogP contribution in [0.15, 0.2) is 78.9 Å². The first kappa shape index (κ1) is 16.9. The van der Waals surface area contributed by atoms with Gasteiger partial charge < -0.3 is 14.8 Å². The second kappa shape index (κ2) is 7.38. The number of anilines is 2. The van der Waals surface area contributed by atoms with E-state index in [-0.39, 0.29) is 0 Å². The zero-order chi connectivity index (χ0) is 18.6. The van der Waals surface area contributed by atoms with Gasteiger partial charge in [0.05, 0.1) is 31.3 Å². The van der Waals surface area contributed by atoms with Crippen LogP contribution in [0.4, 0.5) is 11.4 Å². The highest BCUT2D eigenvalue weighted by molar-refractivity contribution is 5.98. The molecule has 0 spiro atoms. The minimum atomic E-state index is 0.744. The van der Waals surface area contributed by atoms with E-state index >= 15 is 0 Å². The maximum atomic E-state index is 5.55. The zero-order valence-corrected chi connectivity index (χ0v) is 15.3. The highest BCUT2D eigenvalue weighted by atomic mass is 16.5. The number of fused-ring (bicyclic) bond motifs is 1. The molecule has 0 unspecified atom stereocenters. The minimum absolute atomic E-state index is 0.744. The molecule has 0 aliphatic rings. The molecule has 27 heavy (non-hydrogen) atoms.